The average Bonchev–Trinajstić information content (AvgIpc) is 3.17. The van der Waals surface area contributed by atoms with Gasteiger partial charge >= 0.3 is 0 Å². The van der Waals surface area contributed by atoms with Gasteiger partial charge in [-0.15, -0.1) is 11.3 Å². The lowest BCUT2D eigenvalue weighted by molar-refractivity contribution is 0.770. The maximum absolute atomic E-state index is 5.98. The molecule has 3 rings (SSSR count). The topological polar surface area (TPSA) is 59.7 Å². The monoisotopic (exact) mass is 320 g/mol. The summed E-state index contributed by atoms with van der Waals surface area (Å²) in [7, 11) is 1.94. The predicted octanol–water partition coefficient (Wildman–Crippen LogP) is 2.45. The van der Waals surface area contributed by atoms with E-state index in [0.717, 1.165) is 13.0 Å². The van der Waals surface area contributed by atoms with Gasteiger partial charge in [-0.2, -0.15) is 20.1 Å². The Morgan fingerprint density at radius 1 is 1.29 bits per heavy atom. The van der Waals surface area contributed by atoms with Crippen LogP contribution < -0.4 is 4.90 Å². The van der Waals surface area contributed by atoms with E-state index in [9.17, 15) is 0 Å². The Hall–Kier alpha value is -1.99. The van der Waals surface area contributed by atoms with Crippen molar-refractivity contribution in [3.05, 3.63) is 46.1 Å². The molecular formula is C13H13ClN6S. The molecule has 0 amide bonds. The molecule has 3 heterocycles. The lowest BCUT2D eigenvalue weighted by atomic mass is 10.3. The van der Waals surface area contributed by atoms with E-state index in [1.807, 2.05) is 11.9 Å². The first-order valence-corrected chi connectivity index (χ1v) is 7.63. The van der Waals surface area contributed by atoms with Gasteiger partial charge in [0.1, 0.15) is 0 Å². The normalized spacial score (nSPS) is 10.8. The molecule has 0 atom stereocenters. The van der Waals surface area contributed by atoms with Gasteiger partial charge in [-0.05, 0) is 35.5 Å². The van der Waals surface area contributed by atoms with E-state index in [1.54, 1.807) is 34.5 Å². The van der Waals surface area contributed by atoms with Gasteiger partial charge in [-0.3, -0.25) is 0 Å². The van der Waals surface area contributed by atoms with Crippen molar-refractivity contribution in [2.45, 2.75) is 6.42 Å². The first kappa shape index (κ1) is 14.0. The number of aromatic nitrogens is 5. The summed E-state index contributed by atoms with van der Waals surface area (Å²) in [6.45, 7) is 0.805. The summed E-state index contributed by atoms with van der Waals surface area (Å²) in [5.41, 5.74) is 0. The minimum atomic E-state index is 0.161. The van der Waals surface area contributed by atoms with E-state index in [0.29, 0.717) is 11.9 Å². The Balaban J connectivity index is 1.78. The molecule has 0 spiro atoms. The quantitative estimate of drug-likeness (QED) is 0.722. The highest BCUT2D eigenvalue weighted by Crippen LogP contribution is 2.14. The number of nitrogens with zero attached hydrogens (tertiary/aromatic N) is 6. The van der Waals surface area contributed by atoms with Gasteiger partial charge in [-0.1, -0.05) is 6.07 Å². The zero-order valence-electron chi connectivity index (χ0n) is 11.3. The maximum atomic E-state index is 5.98. The molecule has 0 aliphatic rings. The molecule has 0 aliphatic carbocycles. The van der Waals surface area contributed by atoms with Crippen LogP contribution in [0.25, 0.3) is 5.95 Å². The second-order valence-electron chi connectivity index (χ2n) is 4.41. The summed E-state index contributed by atoms with van der Waals surface area (Å²) in [6.07, 6.45) is 4.37. The summed E-state index contributed by atoms with van der Waals surface area (Å²) in [6, 6.07) is 5.97. The molecule has 3 aromatic heterocycles. The number of hydrogen-bond acceptors (Lipinski definition) is 6. The molecule has 0 aliphatic heterocycles. The SMILES string of the molecule is CN(CCc1cccs1)c1nc(Cl)nc(-n2cccn2)n1. The van der Waals surface area contributed by atoms with Crippen molar-refractivity contribution in [2.24, 2.45) is 0 Å². The minimum Gasteiger partial charge on any atom is -0.343 e. The molecule has 8 heteroatoms. The van der Waals surface area contributed by atoms with Crippen LogP contribution in [0.3, 0.4) is 0 Å². The Bertz CT molecular complexity index is 698. The molecule has 0 saturated carbocycles. The van der Waals surface area contributed by atoms with Crippen LogP contribution in [0.15, 0.2) is 36.0 Å². The molecule has 0 aromatic carbocycles. The number of likely N-dealkylation sites (N-methyl/N-ethyl adjacent to an activating group) is 1. The molecule has 0 radical (unpaired) electrons. The zero-order valence-corrected chi connectivity index (χ0v) is 12.9. The first-order valence-electron chi connectivity index (χ1n) is 6.37. The van der Waals surface area contributed by atoms with Crippen molar-refractivity contribution < 1.29 is 0 Å². The van der Waals surface area contributed by atoms with Crippen LogP contribution in [0.5, 0.6) is 0 Å². The van der Waals surface area contributed by atoms with E-state index in [2.05, 4.69) is 37.6 Å². The number of rotatable bonds is 5. The Morgan fingerprint density at radius 2 is 2.19 bits per heavy atom. The lowest BCUT2D eigenvalue weighted by Crippen LogP contribution is -2.23. The molecule has 0 bridgehead atoms. The molecular weight excluding hydrogens is 308 g/mol. The van der Waals surface area contributed by atoms with Crippen molar-refractivity contribution in [1.29, 1.82) is 0 Å². The van der Waals surface area contributed by atoms with Crippen LogP contribution in [0.2, 0.25) is 5.28 Å². The van der Waals surface area contributed by atoms with Gasteiger partial charge in [0.05, 0.1) is 0 Å². The molecule has 21 heavy (non-hydrogen) atoms. The van der Waals surface area contributed by atoms with Crippen LogP contribution in [0, 0.1) is 0 Å². The predicted molar refractivity (Wildman–Crippen MR) is 83.3 cm³/mol. The van der Waals surface area contributed by atoms with Gasteiger partial charge < -0.3 is 4.90 Å². The molecule has 6 nitrogen and oxygen atoms in total. The van der Waals surface area contributed by atoms with Crippen LogP contribution in [-0.4, -0.2) is 38.3 Å². The Morgan fingerprint density at radius 3 is 2.90 bits per heavy atom. The van der Waals surface area contributed by atoms with E-state index >= 15 is 0 Å². The van der Waals surface area contributed by atoms with Gasteiger partial charge in [0.15, 0.2) is 0 Å². The van der Waals surface area contributed by atoms with Crippen LogP contribution in [-0.2, 0) is 6.42 Å². The number of hydrogen-bond donors (Lipinski definition) is 0. The van der Waals surface area contributed by atoms with Gasteiger partial charge in [0.25, 0.3) is 5.95 Å². The minimum absolute atomic E-state index is 0.161. The largest absolute Gasteiger partial charge is 0.343 e. The highest BCUT2D eigenvalue weighted by molar-refractivity contribution is 7.09. The molecule has 108 valence electrons. The average molecular weight is 321 g/mol. The Labute approximate surface area is 131 Å². The number of anilines is 1. The second-order valence-corrected chi connectivity index (χ2v) is 5.78. The molecule has 0 unspecified atom stereocenters. The van der Waals surface area contributed by atoms with Crippen LogP contribution in [0.4, 0.5) is 5.95 Å². The molecule has 0 fully saturated rings. The fourth-order valence-electron chi connectivity index (χ4n) is 1.82. The first-order chi connectivity index (χ1) is 10.2. The van der Waals surface area contributed by atoms with Crippen LogP contribution >= 0.6 is 22.9 Å². The zero-order chi connectivity index (χ0) is 14.7. The van der Waals surface area contributed by atoms with E-state index in [4.69, 9.17) is 11.6 Å². The summed E-state index contributed by atoms with van der Waals surface area (Å²) in [4.78, 5) is 15.9. The Kier molecular flexibility index (Phi) is 4.12. The van der Waals surface area contributed by atoms with Crippen molar-refractivity contribution in [3.8, 4) is 5.95 Å². The summed E-state index contributed by atoms with van der Waals surface area (Å²) in [5.74, 6) is 0.954. The summed E-state index contributed by atoms with van der Waals surface area (Å²) < 4.78 is 1.56. The van der Waals surface area contributed by atoms with Crippen molar-refractivity contribution in [3.63, 3.8) is 0 Å². The second kappa shape index (κ2) is 6.19. The van der Waals surface area contributed by atoms with E-state index in [1.165, 1.54) is 4.88 Å². The standard InChI is InChI=1S/C13H13ClN6S/c1-19(8-5-10-4-2-9-21-10)12-16-11(14)17-13(18-12)20-7-3-6-15-20/h2-4,6-7,9H,5,8H2,1H3. The third-order valence-corrected chi connectivity index (χ3v) is 4.01. The number of halogens is 1. The maximum Gasteiger partial charge on any atom is 0.256 e. The van der Waals surface area contributed by atoms with Gasteiger partial charge in [0.2, 0.25) is 11.2 Å². The fraction of sp³-hybridized carbons (Fsp3) is 0.231. The summed E-state index contributed by atoms with van der Waals surface area (Å²) in [5, 5.41) is 6.34. The summed E-state index contributed by atoms with van der Waals surface area (Å²) >= 11 is 7.73. The third kappa shape index (κ3) is 3.37. The van der Waals surface area contributed by atoms with Crippen molar-refractivity contribution in [2.75, 3.05) is 18.5 Å². The molecule has 0 saturated heterocycles. The van der Waals surface area contributed by atoms with E-state index < -0.39 is 0 Å². The lowest BCUT2D eigenvalue weighted by Gasteiger charge is -2.16. The fourth-order valence-corrected chi connectivity index (χ4v) is 2.67. The van der Waals surface area contributed by atoms with E-state index in [-0.39, 0.29) is 5.28 Å². The van der Waals surface area contributed by atoms with Crippen LogP contribution in [0.1, 0.15) is 4.88 Å². The third-order valence-electron chi connectivity index (χ3n) is 2.91. The highest BCUT2D eigenvalue weighted by atomic mass is 35.5. The number of thiophene rings is 1. The highest BCUT2D eigenvalue weighted by Gasteiger charge is 2.11. The van der Waals surface area contributed by atoms with Gasteiger partial charge in [0, 0.05) is 30.9 Å². The molecule has 3 aromatic rings. The van der Waals surface area contributed by atoms with Crippen molar-refractivity contribution in [1.82, 2.24) is 24.7 Å². The molecule has 0 N–H and O–H groups in total. The smallest absolute Gasteiger partial charge is 0.256 e. The van der Waals surface area contributed by atoms with Gasteiger partial charge in [-0.25, -0.2) is 4.68 Å². The van der Waals surface area contributed by atoms with Crippen molar-refractivity contribution >= 4 is 28.9 Å².